The first-order chi connectivity index (χ1) is 7.17. The van der Waals surface area contributed by atoms with Crippen molar-refractivity contribution in [2.45, 2.75) is 45.1 Å². The molecule has 0 saturated carbocycles. The minimum absolute atomic E-state index is 0.707. The Morgan fingerprint density at radius 1 is 1.53 bits per heavy atom. The molecule has 88 valence electrons. The van der Waals surface area contributed by atoms with Gasteiger partial charge in [0.05, 0.1) is 18.5 Å². The van der Waals surface area contributed by atoms with Crippen LogP contribution in [0, 0.1) is 0 Å². The fourth-order valence-corrected chi connectivity index (χ4v) is 1.75. The lowest BCUT2D eigenvalue weighted by Gasteiger charge is -2.28. The van der Waals surface area contributed by atoms with E-state index < -0.39 is 5.60 Å². The molecule has 1 heterocycles. The fourth-order valence-electron chi connectivity index (χ4n) is 1.75. The molecule has 0 aromatic carbocycles. The van der Waals surface area contributed by atoms with Gasteiger partial charge in [0.1, 0.15) is 0 Å². The van der Waals surface area contributed by atoms with Crippen molar-refractivity contribution in [1.82, 2.24) is 5.32 Å². The van der Waals surface area contributed by atoms with E-state index in [1.54, 1.807) is 6.26 Å². The Morgan fingerprint density at radius 2 is 2.33 bits per heavy atom. The Bertz CT molecular complexity index is 212. The van der Waals surface area contributed by atoms with Gasteiger partial charge in [0.2, 0.25) is 0 Å². The molecule has 3 nitrogen and oxygen atoms in total. The standard InChI is InChI=1S/C12H23NO2/c1-3-7-13-8-6-12(2,14)11-5-4-9-15-10-11/h10,13-14H,3-9H2,1-2H3. The van der Waals surface area contributed by atoms with Gasteiger partial charge in [0.15, 0.2) is 0 Å². The molecule has 1 atom stereocenters. The third kappa shape index (κ3) is 4.22. The lowest BCUT2D eigenvalue weighted by Crippen LogP contribution is -2.33. The normalized spacial score (nSPS) is 20.3. The van der Waals surface area contributed by atoms with E-state index in [9.17, 15) is 5.11 Å². The number of rotatable bonds is 6. The van der Waals surface area contributed by atoms with Crippen molar-refractivity contribution in [2.24, 2.45) is 0 Å². The van der Waals surface area contributed by atoms with Gasteiger partial charge in [-0.25, -0.2) is 0 Å². The van der Waals surface area contributed by atoms with Crippen LogP contribution in [0.5, 0.6) is 0 Å². The quantitative estimate of drug-likeness (QED) is 0.661. The SMILES string of the molecule is CCCNCCC(C)(O)C1=COCCC1. The van der Waals surface area contributed by atoms with Crippen LogP contribution in [0.2, 0.25) is 0 Å². The van der Waals surface area contributed by atoms with Gasteiger partial charge < -0.3 is 15.2 Å². The highest BCUT2D eigenvalue weighted by atomic mass is 16.5. The van der Waals surface area contributed by atoms with Crippen molar-refractivity contribution in [3.8, 4) is 0 Å². The van der Waals surface area contributed by atoms with Gasteiger partial charge in [-0.1, -0.05) is 6.92 Å². The van der Waals surface area contributed by atoms with E-state index in [2.05, 4.69) is 12.2 Å². The zero-order valence-corrected chi connectivity index (χ0v) is 9.88. The molecule has 0 bridgehead atoms. The van der Waals surface area contributed by atoms with Gasteiger partial charge in [-0.3, -0.25) is 0 Å². The Hall–Kier alpha value is -0.540. The summed E-state index contributed by atoms with van der Waals surface area (Å²) in [4.78, 5) is 0. The molecule has 1 rings (SSSR count). The zero-order valence-electron chi connectivity index (χ0n) is 9.88. The number of aliphatic hydroxyl groups is 1. The largest absolute Gasteiger partial charge is 0.501 e. The second-order valence-corrected chi connectivity index (χ2v) is 4.39. The molecule has 0 aromatic heterocycles. The first-order valence-electron chi connectivity index (χ1n) is 5.91. The fraction of sp³-hybridized carbons (Fsp3) is 0.833. The minimum atomic E-state index is -0.707. The molecule has 1 aliphatic heterocycles. The van der Waals surface area contributed by atoms with Crippen LogP contribution in [0.3, 0.4) is 0 Å². The van der Waals surface area contributed by atoms with Gasteiger partial charge in [-0.15, -0.1) is 0 Å². The molecule has 0 saturated heterocycles. The van der Waals surface area contributed by atoms with Crippen molar-refractivity contribution in [3.05, 3.63) is 11.8 Å². The molecule has 0 radical (unpaired) electrons. The highest BCUT2D eigenvalue weighted by molar-refractivity contribution is 5.14. The van der Waals surface area contributed by atoms with Crippen LogP contribution >= 0.6 is 0 Å². The number of hydrogen-bond donors (Lipinski definition) is 2. The average molecular weight is 213 g/mol. The maximum atomic E-state index is 10.3. The molecule has 15 heavy (non-hydrogen) atoms. The van der Waals surface area contributed by atoms with E-state index >= 15 is 0 Å². The van der Waals surface area contributed by atoms with Crippen LogP contribution < -0.4 is 5.32 Å². The summed E-state index contributed by atoms with van der Waals surface area (Å²) in [5, 5.41) is 13.6. The molecular weight excluding hydrogens is 190 g/mol. The van der Waals surface area contributed by atoms with E-state index in [4.69, 9.17) is 4.74 Å². The second-order valence-electron chi connectivity index (χ2n) is 4.39. The second kappa shape index (κ2) is 6.13. The molecule has 0 fully saturated rings. The van der Waals surface area contributed by atoms with Crippen molar-refractivity contribution < 1.29 is 9.84 Å². The zero-order chi connectivity index (χ0) is 11.1. The first-order valence-corrected chi connectivity index (χ1v) is 5.91. The van der Waals surface area contributed by atoms with E-state index in [1.165, 1.54) is 0 Å². The lowest BCUT2D eigenvalue weighted by molar-refractivity contribution is 0.0721. The highest BCUT2D eigenvalue weighted by Crippen LogP contribution is 2.26. The molecule has 0 aliphatic carbocycles. The predicted molar refractivity (Wildman–Crippen MR) is 61.7 cm³/mol. The average Bonchev–Trinajstić information content (AvgIpc) is 2.26. The van der Waals surface area contributed by atoms with Crippen LogP contribution in [-0.2, 0) is 4.74 Å². The molecule has 3 heteroatoms. The summed E-state index contributed by atoms with van der Waals surface area (Å²) >= 11 is 0. The maximum Gasteiger partial charge on any atom is 0.0876 e. The van der Waals surface area contributed by atoms with E-state index in [1.807, 2.05) is 6.92 Å². The third-order valence-electron chi connectivity index (χ3n) is 2.84. The van der Waals surface area contributed by atoms with Crippen LogP contribution in [0.25, 0.3) is 0 Å². The van der Waals surface area contributed by atoms with Gasteiger partial charge >= 0.3 is 0 Å². The summed E-state index contributed by atoms with van der Waals surface area (Å²) in [5.41, 5.74) is 0.327. The third-order valence-corrected chi connectivity index (χ3v) is 2.84. The van der Waals surface area contributed by atoms with Crippen molar-refractivity contribution in [2.75, 3.05) is 19.7 Å². The minimum Gasteiger partial charge on any atom is -0.501 e. The Labute approximate surface area is 92.5 Å². The van der Waals surface area contributed by atoms with Gasteiger partial charge in [-0.05, 0) is 51.3 Å². The van der Waals surface area contributed by atoms with Crippen molar-refractivity contribution in [1.29, 1.82) is 0 Å². The number of ether oxygens (including phenoxy) is 1. The summed E-state index contributed by atoms with van der Waals surface area (Å²) in [6.07, 6.45) is 5.60. The predicted octanol–water partition coefficient (Wildman–Crippen LogP) is 1.82. The summed E-state index contributed by atoms with van der Waals surface area (Å²) in [6.45, 7) is 6.68. The molecule has 0 amide bonds. The van der Waals surface area contributed by atoms with Crippen molar-refractivity contribution >= 4 is 0 Å². The van der Waals surface area contributed by atoms with Gasteiger partial charge in [-0.2, -0.15) is 0 Å². The molecule has 2 N–H and O–H groups in total. The Morgan fingerprint density at radius 3 is 2.93 bits per heavy atom. The summed E-state index contributed by atoms with van der Waals surface area (Å²) in [5.74, 6) is 0. The van der Waals surface area contributed by atoms with Gasteiger partial charge in [0, 0.05) is 0 Å². The van der Waals surface area contributed by atoms with E-state index in [0.29, 0.717) is 0 Å². The summed E-state index contributed by atoms with van der Waals surface area (Å²) in [6, 6.07) is 0. The van der Waals surface area contributed by atoms with Crippen LogP contribution in [-0.4, -0.2) is 30.4 Å². The smallest absolute Gasteiger partial charge is 0.0876 e. The maximum absolute atomic E-state index is 10.3. The monoisotopic (exact) mass is 213 g/mol. The van der Waals surface area contributed by atoms with Crippen LogP contribution in [0.15, 0.2) is 11.8 Å². The van der Waals surface area contributed by atoms with Gasteiger partial charge in [0.25, 0.3) is 0 Å². The number of nitrogens with one attached hydrogen (secondary N) is 1. The first kappa shape index (κ1) is 12.5. The van der Waals surface area contributed by atoms with Crippen LogP contribution in [0.1, 0.15) is 39.5 Å². The van der Waals surface area contributed by atoms with E-state index in [-0.39, 0.29) is 0 Å². The molecule has 1 aliphatic rings. The summed E-state index contributed by atoms with van der Waals surface area (Å²) in [7, 11) is 0. The van der Waals surface area contributed by atoms with E-state index in [0.717, 1.165) is 51.0 Å². The van der Waals surface area contributed by atoms with Crippen LogP contribution in [0.4, 0.5) is 0 Å². The molecule has 1 unspecified atom stereocenters. The molecular formula is C12H23NO2. The summed E-state index contributed by atoms with van der Waals surface area (Å²) < 4.78 is 5.25. The number of hydrogen-bond acceptors (Lipinski definition) is 3. The van der Waals surface area contributed by atoms with Crippen molar-refractivity contribution in [3.63, 3.8) is 0 Å². The molecule has 0 spiro atoms. The molecule has 0 aromatic rings. The lowest BCUT2D eigenvalue weighted by atomic mass is 9.89. The Kier molecular flexibility index (Phi) is 5.12. The topological polar surface area (TPSA) is 41.5 Å². The Balaban J connectivity index is 2.33. The highest BCUT2D eigenvalue weighted by Gasteiger charge is 2.26.